The minimum atomic E-state index is 0.0829. The minimum Gasteiger partial charge on any atom is -0.494 e. The first-order valence-corrected chi connectivity index (χ1v) is 6.31. The zero-order chi connectivity index (χ0) is 14.4. The second-order valence-electron chi connectivity index (χ2n) is 4.39. The van der Waals surface area contributed by atoms with Gasteiger partial charge in [-0.2, -0.15) is 0 Å². The highest BCUT2D eigenvalue weighted by Crippen LogP contribution is 2.13. The number of aromatic nitrogens is 1. The Morgan fingerprint density at radius 3 is 2.75 bits per heavy atom. The highest BCUT2D eigenvalue weighted by atomic mass is 16.5. The van der Waals surface area contributed by atoms with Crippen molar-refractivity contribution < 1.29 is 14.5 Å². The lowest BCUT2D eigenvalue weighted by atomic mass is 10.1. The molecule has 0 radical (unpaired) electrons. The van der Waals surface area contributed by atoms with E-state index in [4.69, 9.17) is 20.2 Å². The molecule has 2 rings (SSSR count). The number of amidine groups is 1. The van der Waals surface area contributed by atoms with Crippen LogP contribution in [0.25, 0.3) is 0 Å². The van der Waals surface area contributed by atoms with E-state index in [1.165, 1.54) is 0 Å². The van der Waals surface area contributed by atoms with Crippen molar-refractivity contribution in [1.29, 1.82) is 0 Å². The summed E-state index contributed by atoms with van der Waals surface area (Å²) in [5.74, 6) is 0.834. The Labute approximate surface area is 116 Å². The van der Waals surface area contributed by atoms with Crippen molar-refractivity contribution in [2.75, 3.05) is 6.61 Å². The van der Waals surface area contributed by atoms with E-state index >= 15 is 0 Å². The molecule has 0 aliphatic rings. The SMILES string of the molecule is Cc1nocc1CCCOc1ccc(C(N)=NO)cc1. The zero-order valence-electron chi connectivity index (χ0n) is 11.2. The van der Waals surface area contributed by atoms with Crippen LogP contribution in [0.2, 0.25) is 0 Å². The molecule has 0 bridgehead atoms. The quantitative estimate of drug-likeness (QED) is 0.277. The molecule has 2 aromatic rings. The number of nitrogens with two attached hydrogens (primary N) is 1. The fourth-order valence-corrected chi connectivity index (χ4v) is 1.79. The van der Waals surface area contributed by atoms with E-state index in [1.54, 1.807) is 30.5 Å². The Hall–Kier alpha value is -2.50. The highest BCUT2D eigenvalue weighted by Gasteiger charge is 2.03. The molecule has 0 amide bonds. The maximum absolute atomic E-state index is 8.56. The topological polar surface area (TPSA) is 93.9 Å². The first-order chi connectivity index (χ1) is 9.70. The highest BCUT2D eigenvalue weighted by molar-refractivity contribution is 5.97. The summed E-state index contributed by atoms with van der Waals surface area (Å²) in [5.41, 5.74) is 8.16. The van der Waals surface area contributed by atoms with Crippen LogP contribution in [-0.2, 0) is 6.42 Å². The lowest BCUT2D eigenvalue weighted by Gasteiger charge is -2.06. The van der Waals surface area contributed by atoms with Crippen LogP contribution >= 0.6 is 0 Å². The van der Waals surface area contributed by atoms with Crippen molar-refractivity contribution in [3.05, 3.63) is 47.3 Å². The summed E-state index contributed by atoms with van der Waals surface area (Å²) in [6, 6.07) is 7.07. The van der Waals surface area contributed by atoms with Gasteiger partial charge in [0.1, 0.15) is 12.0 Å². The van der Waals surface area contributed by atoms with Gasteiger partial charge in [0.25, 0.3) is 0 Å². The number of nitrogens with zero attached hydrogens (tertiary/aromatic N) is 2. The van der Waals surface area contributed by atoms with Crippen molar-refractivity contribution in [3.63, 3.8) is 0 Å². The molecule has 0 fully saturated rings. The van der Waals surface area contributed by atoms with Gasteiger partial charge in [-0.05, 0) is 44.0 Å². The maximum atomic E-state index is 8.56. The van der Waals surface area contributed by atoms with E-state index in [2.05, 4.69) is 10.3 Å². The fourth-order valence-electron chi connectivity index (χ4n) is 1.79. The normalized spacial score (nSPS) is 11.6. The molecule has 106 valence electrons. The van der Waals surface area contributed by atoms with Gasteiger partial charge in [-0.15, -0.1) is 0 Å². The number of rotatable bonds is 6. The van der Waals surface area contributed by atoms with Crippen LogP contribution in [0.4, 0.5) is 0 Å². The molecule has 1 aromatic carbocycles. The summed E-state index contributed by atoms with van der Waals surface area (Å²) >= 11 is 0. The van der Waals surface area contributed by atoms with Crippen LogP contribution in [0.5, 0.6) is 5.75 Å². The molecule has 20 heavy (non-hydrogen) atoms. The third-order valence-corrected chi connectivity index (χ3v) is 2.97. The third kappa shape index (κ3) is 3.50. The van der Waals surface area contributed by atoms with Crippen LogP contribution in [0, 0.1) is 6.92 Å². The van der Waals surface area contributed by atoms with Crippen LogP contribution in [-0.4, -0.2) is 22.8 Å². The average Bonchev–Trinajstić information content (AvgIpc) is 2.89. The standard InChI is InChI=1S/C14H17N3O3/c1-10-12(9-20-17-10)3-2-8-19-13-6-4-11(5-7-13)14(15)16-18/h4-7,9,18H,2-3,8H2,1H3,(H2,15,16). The molecule has 1 aromatic heterocycles. The smallest absolute Gasteiger partial charge is 0.170 e. The summed E-state index contributed by atoms with van der Waals surface area (Å²) in [4.78, 5) is 0. The minimum absolute atomic E-state index is 0.0829. The Morgan fingerprint density at radius 1 is 1.40 bits per heavy atom. The van der Waals surface area contributed by atoms with E-state index in [0.717, 1.165) is 29.8 Å². The molecule has 0 saturated carbocycles. The summed E-state index contributed by atoms with van der Waals surface area (Å²) in [6.07, 6.45) is 3.42. The predicted molar refractivity (Wildman–Crippen MR) is 74.0 cm³/mol. The largest absolute Gasteiger partial charge is 0.494 e. The second-order valence-corrected chi connectivity index (χ2v) is 4.39. The summed E-state index contributed by atoms with van der Waals surface area (Å²) < 4.78 is 10.5. The first-order valence-electron chi connectivity index (χ1n) is 6.31. The molecule has 1 heterocycles. The van der Waals surface area contributed by atoms with E-state index in [0.29, 0.717) is 12.2 Å². The number of oxime groups is 1. The van der Waals surface area contributed by atoms with Crippen LogP contribution < -0.4 is 10.5 Å². The number of hydrogen-bond acceptors (Lipinski definition) is 5. The van der Waals surface area contributed by atoms with Crippen LogP contribution in [0.1, 0.15) is 23.2 Å². The molecule has 0 aliphatic carbocycles. The van der Waals surface area contributed by atoms with Crippen molar-refractivity contribution in [2.45, 2.75) is 19.8 Å². The Morgan fingerprint density at radius 2 is 2.15 bits per heavy atom. The molecule has 0 atom stereocenters. The lowest BCUT2D eigenvalue weighted by molar-refractivity contribution is 0.310. The van der Waals surface area contributed by atoms with Crippen molar-refractivity contribution in [2.24, 2.45) is 10.9 Å². The van der Waals surface area contributed by atoms with E-state index in [9.17, 15) is 0 Å². The number of hydrogen-bond donors (Lipinski definition) is 2. The van der Waals surface area contributed by atoms with Gasteiger partial charge in [-0.25, -0.2) is 0 Å². The lowest BCUT2D eigenvalue weighted by Crippen LogP contribution is -2.12. The molecule has 0 unspecified atom stereocenters. The van der Waals surface area contributed by atoms with Crippen molar-refractivity contribution in [1.82, 2.24) is 5.16 Å². The third-order valence-electron chi connectivity index (χ3n) is 2.97. The summed E-state index contributed by atoms with van der Waals surface area (Å²) in [5, 5.41) is 15.3. The van der Waals surface area contributed by atoms with Gasteiger partial charge < -0.3 is 20.2 Å². The second kappa shape index (κ2) is 6.60. The maximum Gasteiger partial charge on any atom is 0.170 e. The van der Waals surface area contributed by atoms with Crippen LogP contribution in [0.15, 0.2) is 40.2 Å². The number of aryl methyl sites for hydroxylation is 2. The molecule has 3 N–H and O–H groups in total. The van der Waals surface area contributed by atoms with Gasteiger partial charge in [0.2, 0.25) is 0 Å². The Bertz CT molecular complexity index is 576. The van der Waals surface area contributed by atoms with Gasteiger partial charge >= 0.3 is 0 Å². The molecule has 0 spiro atoms. The molecular weight excluding hydrogens is 258 g/mol. The van der Waals surface area contributed by atoms with E-state index in [-0.39, 0.29) is 5.84 Å². The van der Waals surface area contributed by atoms with Gasteiger partial charge in [-0.3, -0.25) is 0 Å². The summed E-state index contributed by atoms with van der Waals surface area (Å²) in [6.45, 7) is 2.53. The number of ether oxygens (including phenoxy) is 1. The Kier molecular flexibility index (Phi) is 4.60. The van der Waals surface area contributed by atoms with Crippen molar-refractivity contribution in [3.8, 4) is 5.75 Å². The molecular formula is C14H17N3O3. The average molecular weight is 275 g/mol. The first kappa shape index (κ1) is 13.9. The van der Waals surface area contributed by atoms with E-state index in [1.807, 2.05) is 6.92 Å². The predicted octanol–water partition coefficient (Wildman–Crippen LogP) is 2.09. The monoisotopic (exact) mass is 275 g/mol. The zero-order valence-corrected chi connectivity index (χ0v) is 11.2. The van der Waals surface area contributed by atoms with Gasteiger partial charge in [0.05, 0.1) is 12.3 Å². The van der Waals surface area contributed by atoms with Gasteiger partial charge in [-0.1, -0.05) is 10.3 Å². The summed E-state index contributed by atoms with van der Waals surface area (Å²) in [7, 11) is 0. The Balaban J connectivity index is 1.78. The molecule has 0 aliphatic heterocycles. The molecule has 6 heteroatoms. The van der Waals surface area contributed by atoms with E-state index < -0.39 is 0 Å². The van der Waals surface area contributed by atoms with Crippen LogP contribution in [0.3, 0.4) is 0 Å². The van der Waals surface area contributed by atoms with Gasteiger partial charge in [0.15, 0.2) is 5.84 Å². The van der Waals surface area contributed by atoms with Gasteiger partial charge in [0, 0.05) is 11.1 Å². The fraction of sp³-hybridized carbons (Fsp3) is 0.286. The van der Waals surface area contributed by atoms with Crippen molar-refractivity contribution >= 4 is 5.84 Å². The number of benzene rings is 1. The molecule has 0 saturated heterocycles. The molecule has 6 nitrogen and oxygen atoms in total.